The minimum absolute atomic E-state index is 0.587. The van der Waals surface area contributed by atoms with Crippen LogP contribution in [0.1, 0.15) is 56.2 Å². The Morgan fingerprint density at radius 3 is 2.12 bits per heavy atom. The van der Waals surface area contributed by atoms with Gasteiger partial charge in [0.1, 0.15) is 31.0 Å². The highest BCUT2D eigenvalue weighted by Gasteiger charge is 2.07. The van der Waals surface area contributed by atoms with Crippen molar-refractivity contribution in [3.05, 3.63) is 65.2 Å². The van der Waals surface area contributed by atoms with Crippen LogP contribution in [-0.4, -0.2) is 32.6 Å². The first-order chi connectivity index (χ1) is 15.6. The Morgan fingerprint density at radius 1 is 0.875 bits per heavy atom. The number of nitrogens with zero attached hydrogens (tertiary/aromatic N) is 1. The number of unbranched alkanes of at least 4 members (excludes halogenated alkanes) is 2. The molecule has 2 aromatic rings. The first-order valence-electron chi connectivity index (χ1n) is 11.4. The van der Waals surface area contributed by atoms with E-state index < -0.39 is 0 Å². The lowest BCUT2D eigenvalue weighted by Gasteiger charge is -2.14. The Labute approximate surface area is 193 Å². The average molecular weight is 440 g/mol. The van der Waals surface area contributed by atoms with Gasteiger partial charge in [0.25, 0.3) is 0 Å². The first-order valence-corrected chi connectivity index (χ1v) is 11.4. The number of aryl methyl sites for hydroxylation is 2. The van der Waals surface area contributed by atoms with Crippen LogP contribution in [0.3, 0.4) is 0 Å². The van der Waals surface area contributed by atoms with E-state index in [1.165, 1.54) is 0 Å². The summed E-state index contributed by atoms with van der Waals surface area (Å²) < 4.78 is 17.6. The molecule has 0 fully saturated rings. The Bertz CT molecular complexity index is 849. The van der Waals surface area contributed by atoms with Crippen LogP contribution in [0, 0.1) is 13.8 Å². The number of allylic oxidation sites excluding steroid dienone is 1. The third-order valence-corrected chi connectivity index (χ3v) is 5.04. The quantitative estimate of drug-likeness (QED) is 0.143. The molecule has 0 radical (unpaired) electrons. The zero-order valence-corrected chi connectivity index (χ0v) is 20.1. The topological polar surface area (TPSA) is 49.3 Å². The molecule has 5 nitrogen and oxygen atoms in total. The van der Waals surface area contributed by atoms with E-state index in [0.29, 0.717) is 19.8 Å². The second kappa shape index (κ2) is 14.2. The molecule has 0 atom stereocenters. The lowest BCUT2D eigenvalue weighted by Crippen LogP contribution is -2.04. The minimum Gasteiger partial charge on any atom is -0.494 e. The predicted molar refractivity (Wildman–Crippen MR) is 131 cm³/mol. The Kier molecular flexibility index (Phi) is 11.2. The molecule has 0 amide bonds. The zero-order chi connectivity index (χ0) is 23.2. The fraction of sp³-hybridized carbons (Fsp3) is 0.444. The van der Waals surface area contributed by atoms with Gasteiger partial charge in [0.05, 0.1) is 18.9 Å². The summed E-state index contributed by atoms with van der Waals surface area (Å²) in [5.41, 5.74) is 4.20. The summed E-state index contributed by atoms with van der Waals surface area (Å²) in [6.07, 6.45) is 7.85. The van der Waals surface area contributed by atoms with Gasteiger partial charge in [0.2, 0.25) is 0 Å². The van der Waals surface area contributed by atoms with Gasteiger partial charge in [-0.1, -0.05) is 24.2 Å². The minimum atomic E-state index is 0.587. The molecule has 0 bridgehead atoms. The standard InChI is InChI=1S/C27H37NO4/c1-6-8-16-31-25-19-21(3)27(22(4)20-25)32-18-11-9-10-17-30-24-14-12-23(13-15-24)26(7-2)28-29-5/h6,8,12-15,19-20H,7,9-11,16-18H2,1-5H3/b8-6+,28-26+. The van der Waals surface area contributed by atoms with Crippen molar-refractivity contribution in [2.45, 2.75) is 53.4 Å². The SMILES string of the molecule is C/C=C/COc1cc(C)c(OCCCCCOc2ccc(/C(CC)=N/OC)cc2)c(C)c1. The fourth-order valence-electron chi connectivity index (χ4n) is 3.38. The van der Waals surface area contributed by atoms with Gasteiger partial charge >= 0.3 is 0 Å². The van der Waals surface area contributed by atoms with Gasteiger partial charge in [-0.2, -0.15) is 0 Å². The summed E-state index contributed by atoms with van der Waals surface area (Å²) in [6.45, 7) is 10.2. The second-order valence-corrected chi connectivity index (χ2v) is 7.62. The second-order valence-electron chi connectivity index (χ2n) is 7.62. The monoisotopic (exact) mass is 439 g/mol. The van der Waals surface area contributed by atoms with Gasteiger partial charge in [-0.3, -0.25) is 0 Å². The van der Waals surface area contributed by atoms with E-state index in [-0.39, 0.29) is 0 Å². The highest BCUT2D eigenvalue weighted by Crippen LogP contribution is 2.28. The molecule has 0 aromatic heterocycles. The van der Waals surface area contributed by atoms with Crippen molar-refractivity contribution in [2.75, 3.05) is 26.9 Å². The number of hydrogen-bond acceptors (Lipinski definition) is 5. The third-order valence-electron chi connectivity index (χ3n) is 5.04. The molecule has 0 aliphatic carbocycles. The number of benzene rings is 2. The summed E-state index contributed by atoms with van der Waals surface area (Å²) in [6, 6.07) is 12.1. The van der Waals surface area contributed by atoms with Crippen molar-refractivity contribution < 1.29 is 19.0 Å². The molecule has 2 aromatic carbocycles. The van der Waals surface area contributed by atoms with Crippen molar-refractivity contribution >= 4 is 5.71 Å². The predicted octanol–water partition coefficient (Wildman–Crippen LogP) is 6.65. The number of oxime groups is 1. The van der Waals surface area contributed by atoms with Crippen LogP contribution in [0.15, 0.2) is 53.7 Å². The summed E-state index contributed by atoms with van der Waals surface area (Å²) >= 11 is 0. The molecule has 0 N–H and O–H groups in total. The molecule has 2 rings (SSSR count). The maximum Gasteiger partial charge on any atom is 0.125 e. The molecule has 5 heteroatoms. The third kappa shape index (κ3) is 8.29. The van der Waals surface area contributed by atoms with Gasteiger partial charge < -0.3 is 19.0 Å². The molecular weight excluding hydrogens is 402 g/mol. The van der Waals surface area contributed by atoms with Crippen LogP contribution in [0.4, 0.5) is 0 Å². The maximum absolute atomic E-state index is 6.05. The van der Waals surface area contributed by atoms with E-state index in [4.69, 9.17) is 19.0 Å². The van der Waals surface area contributed by atoms with E-state index in [2.05, 4.69) is 25.9 Å². The molecule has 174 valence electrons. The summed E-state index contributed by atoms with van der Waals surface area (Å²) in [7, 11) is 1.57. The van der Waals surface area contributed by atoms with Crippen LogP contribution in [-0.2, 0) is 4.84 Å². The van der Waals surface area contributed by atoms with E-state index in [1.54, 1.807) is 7.11 Å². The van der Waals surface area contributed by atoms with Crippen LogP contribution in [0.25, 0.3) is 0 Å². The normalized spacial score (nSPS) is 11.6. The van der Waals surface area contributed by atoms with Crippen molar-refractivity contribution in [1.29, 1.82) is 0 Å². The van der Waals surface area contributed by atoms with Gasteiger partial charge in [-0.25, -0.2) is 0 Å². The first kappa shape index (κ1) is 25.3. The Balaban J connectivity index is 1.68. The molecule has 0 saturated carbocycles. The van der Waals surface area contributed by atoms with E-state index >= 15 is 0 Å². The number of rotatable bonds is 14. The van der Waals surface area contributed by atoms with Crippen LogP contribution < -0.4 is 14.2 Å². The van der Waals surface area contributed by atoms with Crippen LogP contribution in [0.2, 0.25) is 0 Å². The smallest absolute Gasteiger partial charge is 0.125 e. The van der Waals surface area contributed by atoms with Crippen molar-refractivity contribution in [2.24, 2.45) is 5.16 Å². The van der Waals surface area contributed by atoms with Crippen molar-refractivity contribution in [3.8, 4) is 17.2 Å². The van der Waals surface area contributed by atoms with E-state index in [1.807, 2.05) is 55.5 Å². The molecule has 0 aliphatic heterocycles. The molecule has 0 saturated heterocycles. The Hall–Kier alpha value is -2.95. The van der Waals surface area contributed by atoms with Gasteiger partial charge in [-0.15, -0.1) is 0 Å². The lowest BCUT2D eigenvalue weighted by atomic mass is 10.1. The van der Waals surface area contributed by atoms with E-state index in [9.17, 15) is 0 Å². The summed E-state index contributed by atoms with van der Waals surface area (Å²) in [4.78, 5) is 4.89. The zero-order valence-electron chi connectivity index (χ0n) is 20.1. The Morgan fingerprint density at radius 2 is 1.53 bits per heavy atom. The highest BCUT2D eigenvalue weighted by molar-refractivity contribution is 6.00. The van der Waals surface area contributed by atoms with Crippen LogP contribution >= 0.6 is 0 Å². The van der Waals surface area contributed by atoms with E-state index in [0.717, 1.165) is 65.3 Å². The number of ether oxygens (including phenoxy) is 3. The van der Waals surface area contributed by atoms with Crippen molar-refractivity contribution in [1.82, 2.24) is 0 Å². The molecule has 0 unspecified atom stereocenters. The fourth-order valence-corrected chi connectivity index (χ4v) is 3.38. The van der Waals surface area contributed by atoms with Gasteiger partial charge in [0, 0.05) is 0 Å². The lowest BCUT2D eigenvalue weighted by molar-refractivity contribution is 0.213. The van der Waals surface area contributed by atoms with Gasteiger partial charge in [-0.05, 0) is 99.5 Å². The summed E-state index contributed by atoms with van der Waals surface area (Å²) in [5, 5.41) is 4.05. The molecular formula is C27H37NO4. The number of hydrogen-bond donors (Lipinski definition) is 0. The molecule has 0 aliphatic rings. The largest absolute Gasteiger partial charge is 0.494 e. The molecule has 0 spiro atoms. The average Bonchev–Trinajstić information content (AvgIpc) is 2.79. The van der Waals surface area contributed by atoms with Crippen molar-refractivity contribution in [3.63, 3.8) is 0 Å². The summed E-state index contributed by atoms with van der Waals surface area (Å²) in [5.74, 6) is 2.72. The molecule has 0 heterocycles. The van der Waals surface area contributed by atoms with Gasteiger partial charge in [0.15, 0.2) is 0 Å². The molecule has 32 heavy (non-hydrogen) atoms. The van der Waals surface area contributed by atoms with Crippen LogP contribution in [0.5, 0.6) is 17.2 Å². The highest BCUT2D eigenvalue weighted by atomic mass is 16.6. The maximum atomic E-state index is 6.05.